The van der Waals surface area contributed by atoms with E-state index in [0.717, 1.165) is 6.42 Å². The van der Waals surface area contributed by atoms with Crippen molar-refractivity contribution in [1.82, 2.24) is 0 Å². The fraction of sp³-hybridized carbons (Fsp3) is 0.188. The molecule has 0 radical (unpaired) electrons. The molecule has 0 aliphatic carbocycles. The lowest BCUT2D eigenvalue weighted by molar-refractivity contribution is 0.0697. The van der Waals surface area contributed by atoms with Crippen molar-refractivity contribution in [2.75, 3.05) is 12.3 Å². The zero-order valence-corrected chi connectivity index (χ0v) is 11.7. The van der Waals surface area contributed by atoms with Crippen LogP contribution in [0.15, 0.2) is 42.5 Å². The molecule has 21 heavy (non-hydrogen) atoms. The molecule has 5 heteroatoms. The van der Waals surface area contributed by atoms with Crippen molar-refractivity contribution in [3.05, 3.63) is 48.0 Å². The van der Waals surface area contributed by atoms with Crippen LogP contribution < -0.4 is 15.2 Å². The third-order valence-electron chi connectivity index (χ3n) is 2.79. The molecule has 0 spiro atoms. The van der Waals surface area contributed by atoms with Crippen molar-refractivity contribution >= 4 is 11.7 Å². The Morgan fingerprint density at radius 1 is 1.19 bits per heavy atom. The largest absolute Gasteiger partial charge is 0.490 e. The maximum atomic E-state index is 11.1. The van der Waals surface area contributed by atoms with E-state index in [2.05, 4.69) is 0 Å². The molecule has 110 valence electrons. The van der Waals surface area contributed by atoms with Gasteiger partial charge in [-0.2, -0.15) is 0 Å². The van der Waals surface area contributed by atoms with Gasteiger partial charge in [0.05, 0.1) is 12.2 Å². The summed E-state index contributed by atoms with van der Waals surface area (Å²) in [5.41, 5.74) is 5.83. The van der Waals surface area contributed by atoms with Crippen molar-refractivity contribution in [2.24, 2.45) is 0 Å². The molecule has 0 saturated heterocycles. The number of hydrogen-bond donors (Lipinski definition) is 2. The molecule has 2 aromatic carbocycles. The molecule has 0 saturated carbocycles. The van der Waals surface area contributed by atoms with Crippen molar-refractivity contribution in [1.29, 1.82) is 0 Å². The molecular formula is C16H17NO4. The fourth-order valence-electron chi connectivity index (χ4n) is 1.78. The predicted molar refractivity (Wildman–Crippen MR) is 80.1 cm³/mol. The molecule has 3 N–H and O–H groups in total. The molecule has 0 aromatic heterocycles. The summed E-state index contributed by atoms with van der Waals surface area (Å²) in [6.07, 6.45) is 0.888. The van der Waals surface area contributed by atoms with Gasteiger partial charge in [-0.25, -0.2) is 4.79 Å². The summed E-state index contributed by atoms with van der Waals surface area (Å²) in [5, 5.41) is 9.07. The van der Waals surface area contributed by atoms with Gasteiger partial charge in [0.1, 0.15) is 5.75 Å². The Hall–Kier alpha value is -2.69. The van der Waals surface area contributed by atoms with Crippen molar-refractivity contribution < 1.29 is 19.4 Å². The van der Waals surface area contributed by atoms with E-state index < -0.39 is 5.97 Å². The van der Waals surface area contributed by atoms with Gasteiger partial charge in [-0.1, -0.05) is 19.1 Å². The summed E-state index contributed by atoms with van der Waals surface area (Å²) in [5.74, 6) is 0.461. The molecule has 0 fully saturated rings. The van der Waals surface area contributed by atoms with E-state index in [-0.39, 0.29) is 11.3 Å². The first-order valence-electron chi connectivity index (χ1n) is 6.64. The highest BCUT2D eigenvalue weighted by Gasteiger charge is 2.11. The second-order valence-electron chi connectivity index (χ2n) is 4.45. The van der Waals surface area contributed by atoms with Crippen LogP contribution in [0.4, 0.5) is 5.69 Å². The first-order valence-corrected chi connectivity index (χ1v) is 6.64. The Morgan fingerprint density at radius 2 is 1.90 bits per heavy atom. The van der Waals surface area contributed by atoms with Crippen LogP contribution in [0.5, 0.6) is 17.2 Å². The fourth-order valence-corrected chi connectivity index (χ4v) is 1.78. The van der Waals surface area contributed by atoms with Crippen molar-refractivity contribution in [3.8, 4) is 17.2 Å². The number of hydrogen-bond acceptors (Lipinski definition) is 4. The lowest BCUT2D eigenvalue weighted by Crippen LogP contribution is -2.02. The van der Waals surface area contributed by atoms with E-state index in [9.17, 15) is 4.79 Å². The van der Waals surface area contributed by atoms with Crippen LogP contribution in [0.3, 0.4) is 0 Å². The number of nitrogen functional groups attached to an aromatic ring is 1. The first-order chi connectivity index (χ1) is 10.1. The second kappa shape index (κ2) is 6.65. The topological polar surface area (TPSA) is 81.8 Å². The summed E-state index contributed by atoms with van der Waals surface area (Å²) in [4.78, 5) is 11.1. The zero-order chi connectivity index (χ0) is 15.2. The van der Waals surface area contributed by atoms with Gasteiger partial charge in [-0.15, -0.1) is 0 Å². The van der Waals surface area contributed by atoms with E-state index >= 15 is 0 Å². The average molecular weight is 287 g/mol. The third kappa shape index (κ3) is 3.66. The van der Waals surface area contributed by atoms with Crippen molar-refractivity contribution in [2.45, 2.75) is 13.3 Å². The number of ether oxygens (including phenoxy) is 2. The van der Waals surface area contributed by atoms with E-state index in [1.54, 1.807) is 18.2 Å². The summed E-state index contributed by atoms with van der Waals surface area (Å²) in [6.45, 7) is 2.60. The lowest BCUT2D eigenvalue weighted by atomic mass is 10.2. The van der Waals surface area contributed by atoms with Gasteiger partial charge in [-0.05, 0) is 36.8 Å². The van der Waals surface area contributed by atoms with Gasteiger partial charge in [0.15, 0.2) is 11.5 Å². The number of carboxylic acid groups (broad SMARTS) is 1. The molecule has 0 aliphatic rings. The molecule has 0 atom stereocenters. The zero-order valence-electron chi connectivity index (χ0n) is 11.7. The van der Waals surface area contributed by atoms with Crippen LogP contribution in [0.1, 0.15) is 23.7 Å². The normalized spacial score (nSPS) is 10.1. The molecule has 0 amide bonds. The molecular weight excluding hydrogens is 270 g/mol. The van der Waals surface area contributed by atoms with Crippen LogP contribution >= 0.6 is 0 Å². The minimum Gasteiger partial charge on any atom is -0.490 e. The van der Waals surface area contributed by atoms with Crippen LogP contribution in [0, 0.1) is 0 Å². The third-order valence-corrected chi connectivity index (χ3v) is 2.79. The lowest BCUT2D eigenvalue weighted by Gasteiger charge is -2.12. The van der Waals surface area contributed by atoms with Crippen LogP contribution in [-0.4, -0.2) is 17.7 Å². The van der Waals surface area contributed by atoms with Crippen molar-refractivity contribution in [3.63, 3.8) is 0 Å². The Bertz CT molecular complexity index is 640. The molecule has 2 aromatic rings. The minimum absolute atomic E-state index is 0.0134. The SMILES string of the molecule is CCCOc1ccccc1Oc1ccc(N)c(C(=O)O)c1. The summed E-state index contributed by atoms with van der Waals surface area (Å²) < 4.78 is 11.3. The van der Waals surface area contributed by atoms with Crippen LogP contribution in [0.2, 0.25) is 0 Å². The molecule has 0 heterocycles. The maximum Gasteiger partial charge on any atom is 0.337 e. The van der Waals surface area contributed by atoms with E-state index in [4.69, 9.17) is 20.3 Å². The first kappa shape index (κ1) is 14.7. The van der Waals surface area contributed by atoms with E-state index in [1.165, 1.54) is 12.1 Å². The number of aromatic carboxylic acids is 1. The van der Waals surface area contributed by atoms with E-state index in [0.29, 0.717) is 23.9 Å². The van der Waals surface area contributed by atoms with Gasteiger partial charge in [0.2, 0.25) is 0 Å². The Balaban J connectivity index is 2.26. The Labute approximate surface area is 122 Å². The highest BCUT2D eigenvalue weighted by Crippen LogP contribution is 2.32. The highest BCUT2D eigenvalue weighted by atomic mass is 16.5. The number of nitrogens with two attached hydrogens (primary N) is 1. The number of para-hydroxylation sites is 2. The molecule has 2 rings (SSSR count). The number of anilines is 1. The summed E-state index contributed by atoms with van der Waals surface area (Å²) in [6, 6.07) is 11.8. The number of benzene rings is 2. The Morgan fingerprint density at radius 3 is 2.57 bits per heavy atom. The number of carbonyl (C=O) groups is 1. The van der Waals surface area contributed by atoms with Gasteiger partial charge in [0, 0.05) is 5.69 Å². The van der Waals surface area contributed by atoms with Gasteiger partial charge in [0.25, 0.3) is 0 Å². The van der Waals surface area contributed by atoms with E-state index in [1.807, 2.05) is 19.1 Å². The van der Waals surface area contributed by atoms with Gasteiger partial charge in [-0.3, -0.25) is 0 Å². The molecule has 0 bridgehead atoms. The average Bonchev–Trinajstić information content (AvgIpc) is 2.48. The smallest absolute Gasteiger partial charge is 0.337 e. The van der Waals surface area contributed by atoms with Crippen LogP contribution in [-0.2, 0) is 0 Å². The van der Waals surface area contributed by atoms with Gasteiger partial charge >= 0.3 is 5.97 Å². The molecule has 5 nitrogen and oxygen atoms in total. The number of rotatable bonds is 6. The quantitative estimate of drug-likeness (QED) is 0.794. The monoisotopic (exact) mass is 287 g/mol. The summed E-state index contributed by atoms with van der Waals surface area (Å²) in [7, 11) is 0. The predicted octanol–water partition coefficient (Wildman–Crippen LogP) is 3.55. The van der Waals surface area contributed by atoms with Gasteiger partial charge < -0.3 is 20.3 Å². The Kier molecular flexibility index (Phi) is 4.66. The van der Waals surface area contributed by atoms with Crippen LogP contribution in [0.25, 0.3) is 0 Å². The maximum absolute atomic E-state index is 11.1. The second-order valence-corrected chi connectivity index (χ2v) is 4.45. The minimum atomic E-state index is -1.09. The summed E-state index contributed by atoms with van der Waals surface area (Å²) >= 11 is 0. The number of carboxylic acids is 1. The highest BCUT2D eigenvalue weighted by molar-refractivity contribution is 5.94. The molecule has 0 unspecified atom stereocenters. The standard InChI is InChI=1S/C16H17NO4/c1-2-9-20-14-5-3-4-6-15(14)21-11-7-8-13(17)12(10-11)16(18)19/h3-8,10H,2,9,17H2,1H3,(H,18,19). The molecule has 0 aliphatic heterocycles.